The van der Waals surface area contributed by atoms with Crippen LogP contribution in [0.2, 0.25) is 5.02 Å². The minimum Gasteiger partial charge on any atom is -0.354 e. The van der Waals surface area contributed by atoms with Crippen LogP contribution in [0.25, 0.3) is 21.9 Å². The minimum absolute atomic E-state index is 0.145. The molecular weight excluding hydrogens is 434 g/mol. The third-order valence-corrected chi connectivity index (χ3v) is 9.98. The largest absolute Gasteiger partial charge is 0.354 e. The summed E-state index contributed by atoms with van der Waals surface area (Å²) in [7, 11) is 0. The van der Waals surface area contributed by atoms with Crippen molar-refractivity contribution in [2.75, 3.05) is 5.32 Å². The molecule has 168 valence electrons. The molecule has 4 bridgehead atoms. The summed E-state index contributed by atoms with van der Waals surface area (Å²) in [6, 6.07) is 29.0. The van der Waals surface area contributed by atoms with E-state index in [2.05, 4.69) is 84.2 Å². The average Bonchev–Trinajstić information content (AvgIpc) is 3.15. The lowest BCUT2D eigenvalue weighted by Gasteiger charge is -2.61. The molecule has 0 saturated heterocycles. The van der Waals surface area contributed by atoms with Crippen molar-refractivity contribution >= 4 is 33.7 Å². The molecule has 0 atom stereocenters. The number of benzene rings is 4. The van der Waals surface area contributed by atoms with Crippen molar-refractivity contribution < 1.29 is 0 Å². The first-order valence-electron chi connectivity index (χ1n) is 12.9. The second-order valence-electron chi connectivity index (χ2n) is 11.3. The van der Waals surface area contributed by atoms with E-state index in [1.165, 1.54) is 59.7 Å². The summed E-state index contributed by atoms with van der Waals surface area (Å²) in [5, 5.41) is 7.03. The van der Waals surface area contributed by atoms with Crippen molar-refractivity contribution in [2.24, 2.45) is 23.7 Å². The first-order valence-corrected chi connectivity index (χ1v) is 13.3. The Balaban J connectivity index is 1.35. The Hall–Kier alpha value is -2.77. The summed E-state index contributed by atoms with van der Waals surface area (Å²) >= 11 is 6.83. The van der Waals surface area contributed by atoms with Crippen LogP contribution in [0.5, 0.6) is 0 Å². The van der Waals surface area contributed by atoms with Gasteiger partial charge in [0.15, 0.2) is 0 Å². The maximum Gasteiger partial charge on any atom is 0.0647 e. The molecule has 4 aromatic rings. The van der Waals surface area contributed by atoms with Gasteiger partial charge in [0.25, 0.3) is 0 Å². The topological polar surface area (TPSA) is 12.0 Å². The molecule has 5 aliphatic carbocycles. The van der Waals surface area contributed by atoms with Crippen LogP contribution in [-0.2, 0) is 5.41 Å². The number of anilines is 2. The molecule has 0 aromatic heterocycles. The summed E-state index contributed by atoms with van der Waals surface area (Å²) in [5.74, 6) is 3.39. The second-order valence-corrected chi connectivity index (χ2v) is 11.7. The predicted molar refractivity (Wildman–Crippen MR) is 142 cm³/mol. The number of halogens is 1. The van der Waals surface area contributed by atoms with Crippen LogP contribution >= 0.6 is 11.6 Å². The number of rotatable bonds is 2. The van der Waals surface area contributed by atoms with Crippen LogP contribution in [0.1, 0.15) is 43.2 Å². The summed E-state index contributed by atoms with van der Waals surface area (Å²) in [6.07, 6.45) is 7.06. The Kier molecular flexibility index (Phi) is 3.96. The second kappa shape index (κ2) is 6.89. The standard InChI is InChI=1S/C32H28ClN/c33-28-17-21-6-1-2-7-22(21)18-30(28)34-29-11-5-9-26-25-8-3-4-10-27(25)32(31(26)29)23-13-19-12-20(15-23)16-24(32)14-19/h1-11,17-20,23-24,34H,12-16H2. The van der Waals surface area contributed by atoms with Crippen molar-refractivity contribution in [1.82, 2.24) is 0 Å². The molecule has 1 N–H and O–H groups in total. The van der Waals surface area contributed by atoms with Crippen molar-refractivity contribution in [2.45, 2.75) is 37.5 Å². The van der Waals surface area contributed by atoms with Gasteiger partial charge in [0.1, 0.15) is 0 Å². The molecule has 1 spiro atoms. The van der Waals surface area contributed by atoms with Crippen molar-refractivity contribution in [1.29, 1.82) is 0 Å². The summed E-state index contributed by atoms with van der Waals surface area (Å²) < 4.78 is 0. The minimum atomic E-state index is 0.145. The van der Waals surface area contributed by atoms with E-state index in [9.17, 15) is 0 Å². The van der Waals surface area contributed by atoms with Crippen LogP contribution in [0, 0.1) is 23.7 Å². The smallest absolute Gasteiger partial charge is 0.0647 e. The van der Waals surface area contributed by atoms with E-state index in [1.54, 1.807) is 11.1 Å². The van der Waals surface area contributed by atoms with Gasteiger partial charge in [-0.3, -0.25) is 0 Å². The van der Waals surface area contributed by atoms with E-state index < -0.39 is 0 Å². The lowest BCUT2D eigenvalue weighted by Crippen LogP contribution is -2.55. The van der Waals surface area contributed by atoms with Gasteiger partial charge in [0, 0.05) is 11.1 Å². The van der Waals surface area contributed by atoms with Gasteiger partial charge < -0.3 is 5.32 Å². The summed E-state index contributed by atoms with van der Waals surface area (Å²) in [6.45, 7) is 0. The first kappa shape index (κ1) is 19.5. The normalized spacial score (nSPS) is 30.0. The van der Waals surface area contributed by atoms with Crippen LogP contribution in [-0.4, -0.2) is 0 Å². The molecule has 9 rings (SSSR count). The Bertz CT molecular complexity index is 1440. The predicted octanol–water partition coefficient (Wildman–Crippen LogP) is 8.96. The van der Waals surface area contributed by atoms with E-state index in [0.717, 1.165) is 34.4 Å². The van der Waals surface area contributed by atoms with Crippen molar-refractivity contribution in [3.63, 3.8) is 0 Å². The lowest BCUT2D eigenvalue weighted by atomic mass is 9.43. The molecule has 4 aromatic carbocycles. The lowest BCUT2D eigenvalue weighted by molar-refractivity contribution is -0.0396. The highest BCUT2D eigenvalue weighted by Crippen LogP contribution is 2.70. The van der Waals surface area contributed by atoms with Gasteiger partial charge in [-0.25, -0.2) is 0 Å². The van der Waals surface area contributed by atoms with Gasteiger partial charge in [-0.15, -0.1) is 0 Å². The molecule has 1 nitrogen and oxygen atoms in total. The van der Waals surface area contributed by atoms with Crippen molar-refractivity contribution in [3.05, 3.63) is 95.0 Å². The van der Waals surface area contributed by atoms with Gasteiger partial charge in [-0.1, -0.05) is 72.3 Å². The van der Waals surface area contributed by atoms with Crippen LogP contribution in [0.3, 0.4) is 0 Å². The van der Waals surface area contributed by atoms with E-state index in [-0.39, 0.29) is 5.41 Å². The fourth-order valence-corrected chi connectivity index (χ4v) is 8.99. The Morgan fingerprint density at radius 1 is 0.647 bits per heavy atom. The number of hydrogen-bond donors (Lipinski definition) is 1. The monoisotopic (exact) mass is 461 g/mol. The molecular formula is C32H28ClN. The third kappa shape index (κ3) is 2.46. The highest BCUT2D eigenvalue weighted by Gasteiger charge is 2.62. The highest BCUT2D eigenvalue weighted by molar-refractivity contribution is 6.34. The maximum absolute atomic E-state index is 6.83. The van der Waals surface area contributed by atoms with E-state index >= 15 is 0 Å². The molecule has 4 saturated carbocycles. The SMILES string of the molecule is Clc1cc2ccccc2cc1Nc1cccc2c1C1(c3ccccc3-2)C2CC3CC(C2)CC1C3. The number of hydrogen-bond acceptors (Lipinski definition) is 1. The van der Waals surface area contributed by atoms with Crippen molar-refractivity contribution in [3.8, 4) is 11.1 Å². The van der Waals surface area contributed by atoms with E-state index in [0.29, 0.717) is 0 Å². The fourth-order valence-electron chi connectivity index (χ4n) is 8.77. The number of fused-ring (bicyclic) bond motifs is 4. The van der Waals surface area contributed by atoms with E-state index in [1.807, 2.05) is 0 Å². The van der Waals surface area contributed by atoms with Gasteiger partial charge >= 0.3 is 0 Å². The molecule has 0 unspecified atom stereocenters. The summed E-state index contributed by atoms with van der Waals surface area (Å²) in [5.41, 5.74) is 8.43. The zero-order valence-corrected chi connectivity index (χ0v) is 20.0. The van der Waals surface area contributed by atoms with Gasteiger partial charge in [-0.2, -0.15) is 0 Å². The molecule has 0 aliphatic heterocycles. The summed E-state index contributed by atoms with van der Waals surface area (Å²) in [4.78, 5) is 0. The third-order valence-electron chi connectivity index (χ3n) is 9.67. The molecule has 34 heavy (non-hydrogen) atoms. The quantitative estimate of drug-likeness (QED) is 0.314. The van der Waals surface area contributed by atoms with Crippen LogP contribution in [0.15, 0.2) is 78.9 Å². The van der Waals surface area contributed by atoms with E-state index in [4.69, 9.17) is 11.6 Å². The molecule has 2 heteroatoms. The zero-order valence-electron chi connectivity index (χ0n) is 19.2. The van der Waals surface area contributed by atoms with Gasteiger partial charge in [-0.05, 0) is 107 Å². The number of nitrogens with one attached hydrogen (secondary N) is 1. The van der Waals surface area contributed by atoms with Crippen LogP contribution < -0.4 is 5.32 Å². The van der Waals surface area contributed by atoms with Crippen LogP contribution in [0.4, 0.5) is 11.4 Å². The molecule has 0 radical (unpaired) electrons. The zero-order chi connectivity index (χ0) is 22.4. The molecule has 4 fully saturated rings. The van der Waals surface area contributed by atoms with Gasteiger partial charge in [0.05, 0.1) is 10.7 Å². The first-order chi connectivity index (χ1) is 16.7. The molecule has 0 heterocycles. The molecule has 0 amide bonds. The maximum atomic E-state index is 6.83. The fraction of sp³-hybridized carbons (Fsp3) is 0.312. The Labute approximate surface area is 206 Å². The molecule has 5 aliphatic rings. The Morgan fingerprint density at radius 2 is 1.29 bits per heavy atom. The average molecular weight is 462 g/mol. The van der Waals surface area contributed by atoms with Gasteiger partial charge in [0.2, 0.25) is 0 Å². The highest BCUT2D eigenvalue weighted by atomic mass is 35.5. The Morgan fingerprint density at radius 3 is 2.06 bits per heavy atom.